The molecule has 0 unspecified atom stereocenters. The minimum Gasteiger partial charge on any atom is -0.376 e. The van der Waals surface area contributed by atoms with E-state index in [4.69, 9.17) is 4.74 Å². The van der Waals surface area contributed by atoms with Crippen molar-refractivity contribution in [3.05, 3.63) is 0 Å². The summed E-state index contributed by atoms with van der Waals surface area (Å²) in [5, 5.41) is 2.88. The van der Waals surface area contributed by atoms with Gasteiger partial charge in [0, 0.05) is 6.92 Å². The normalized spacial score (nSPS) is 21.4. The fourth-order valence-electron chi connectivity index (χ4n) is 1.09. The lowest BCUT2D eigenvalue weighted by Crippen LogP contribution is -2.61. The van der Waals surface area contributed by atoms with Crippen LogP contribution in [0.5, 0.6) is 0 Å². The highest BCUT2D eigenvalue weighted by Gasteiger charge is 2.37. The minimum atomic E-state index is -0.0359. The molecule has 1 heterocycles. The van der Waals surface area contributed by atoms with Crippen LogP contribution in [0.25, 0.3) is 0 Å². The highest BCUT2D eigenvalue weighted by atomic mass is 16.5. The molecule has 1 fully saturated rings. The number of amides is 1. The molecule has 0 radical (unpaired) electrons. The molecule has 1 saturated heterocycles. The van der Waals surface area contributed by atoms with Crippen LogP contribution < -0.4 is 5.32 Å². The van der Waals surface area contributed by atoms with Crippen LogP contribution in [0.1, 0.15) is 20.3 Å². The Morgan fingerprint density at radius 1 is 1.70 bits per heavy atom. The van der Waals surface area contributed by atoms with Crippen LogP contribution in [-0.2, 0) is 9.53 Å². The van der Waals surface area contributed by atoms with E-state index in [-0.39, 0.29) is 11.4 Å². The minimum absolute atomic E-state index is 0.0325. The van der Waals surface area contributed by atoms with Gasteiger partial charge in [-0.05, 0) is 6.42 Å². The second kappa shape index (κ2) is 2.58. The average Bonchev–Trinajstić information content (AvgIpc) is 1.78. The fraction of sp³-hybridized carbons (Fsp3) is 0.857. The molecular weight excluding hydrogens is 130 g/mol. The topological polar surface area (TPSA) is 38.3 Å². The van der Waals surface area contributed by atoms with Gasteiger partial charge in [0.25, 0.3) is 0 Å². The van der Waals surface area contributed by atoms with E-state index in [0.29, 0.717) is 13.2 Å². The van der Waals surface area contributed by atoms with Gasteiger partial charge in [0.1, 0.15) is 0 Å². The summed E-state index contributed by atoms with van der Waals surface area (Å²) in [6.07, 6.45) is 0.951. The van der Waals surface area contributed by atoms with Gasteiger partial charge >= 0.3 is 0 Å². The number of nitrogens with one attached hydrogen (secondary N) is 1. The van der Waals surface area contributed by atoms with Crippen molar-refractivity contribution in [1.82, 2.24) is 5.32 Å². The summed E-state index contributed by atoms with van der Waals surface area (Å²) in [5.74, 6) is 0.0325. The summed E-state index contributed by atoms with van der Waals surface area (Å²) in [6.45, 7) is 4.93. The molecule has 0 saturated carbocycles. The van der Waals surface area contributed by atoms with Gasteiger partial charge in [-0.2, -0.15) is 0 Å². The number of hydrogen-bond donors (Lipinski definition) is 1. The summed E-state index contributed by atoms with van der Waals surface area (Å²) in [6, 6.07) is 0. The zero-order valence-corrected chi connectivity index (χ0v) is 6.44. The fourth-order valence-corrected chi connectivity index (χ4v) is 1.09. The van der Waals surface area contributed by atoms with Gasteiger partial charge in [0.15, 0.2) is 0 Å². The van der Waals surface area contributed by atoms with Gasteiger partial charge in [0.05, 0.1) is 18.8 Å². The van der Waals surface area contributed by atoms with Crippen LogP contribution in [-0.4, -0.2) is 24.7 Å². The van der Waals surface area contributed by atoms with Gasteiger partial charge in [-0.3, -0.25) is 4.79 Å². The third-order valence-corrected chi connectivity index (χ3v) is 1.87. The lowest BCUT2D eigenvalue weighted by molar-refractivity contribution is -0.131. The smallest absolute Gasteiger partial charge is 0.217 e. The number of ether oxygens (including phenoxy) is 1. The maximum Gasteiger partial charge on any atom is 0.217 e. The Morgan fingerprint density at radius 3 is 2.40 bits per heavy atom. The predicted octanol–water partition coefficient (Wildman–Crippen LogP) is 0.301. The molecule has 0 aromatic rings. The SMILES string of the molecule is CCC1(NC(C)=O)COC1. The molecular formula is C7H13NO2. The van der Waals surface area contributed by atoms with Crippen LogP contribution in [0.3, 0.4) is 0 Å². The van der Waals surface area contributed by atoms with Crippen molar-refractivity contribution in [1.29, 1.82) is 0 Å². The van der Waals surface area contributed by atoms with E-state index >= 15 is 0 Å². The molecule has 0 spiro atoms. The van der Waals surface area contributed by atoms with E-state index < -0.39 is 0 Å². The molecule has 3 heteroatoms. The number of hydrogen-bond acceptors (Lipinski definition) is 2. The van der Waals surface area contributed by atoms with Gasteiger partial charge < -0.3 is 10.1 Å². The maximum atomic E-state index is 10.6. The van der Waals surface area contributed by atoms with Crippen molar-refractivity contribution in [3.63, 3.8) is 0 Å². The Morgan fingerprint density at radius 2 is 2.30 bits per heavy atom. The largest absolute Gasteiger partial charge is 0.376 e. The van der Waals surface area contributed by atoms with Gasteiger partial charge in [-0.15, -0.1) is 0 Å². The molecule has 58 valence electrons. The molecule has 0 aliphatic carbocycles. The summed E-state index contributed by atoms with van der Waals surface area (Å²) >= 11 is 0. The van der Waals surface area contributed by atoms with Crippen molar-refractivity contribution in [2.45, 2.75) is 25.8 Å². The first-order chi connectivity index (χ1) is 4.68. The van der Waals surface area contributed by atoms with E-state index in [1.165, 1.54) is 6.92 Å². The van der Waals surface area contributed by atoms with Gasteiger partial charge in [0.2, 0.25) is 5.91 Å². The summed E-state index contributed by atoms with van der Waals surface area (Å²) in [4.78, 5) is 10.6. The molecule has 3 nitrogen and oxygen atoms in total. The van der Waals surface area contributed by atoms with E-state index in [9.17, 15) is 4.79 Å². The summed E-state index contributed by atoms with van der Waals surface area (Å²) < 4.78 is 5.02. The van der Waals surface area contributed by atoms with Crippen molar-refractivity contribution in [3.8, 4) is 0 Å². The predicted molar refractivity (Wildman–Crippen MR) is 37.7 cm³/mol. The van der Waals surface area contributed by atoms with E-state index in [0.717, 1.165) is 6.42 Å². The maximum absolute atomic E-state index is 10.6. The lowest BCUT2D eigenvalue weighted by atomic mass is 9.94. The molecule has 0 aromatic heterocycles. The number of carbonyl (C=O) groups is 1. The highest BCUT2D eigenvalue weighted by Crippen LogP contribution is 2.19. The molecule has 1 aliphatic heterocycles. The van der Waals surface area contributed by atoms with Gasteiger partial charge in [-0.1, -0.05) is 6.92 Å². The monoisotopic (exact) mass is 143 g/mol. The molecule has 0 bridgehead atoms. The first-order valence-corrected chi connectivity index (χ1v) is 3.55. The van der Waals surface area contributed by atoms with Crippen LogP contribution in [0.2, 0.25) is 0 Å². The van der Waals surface area contributed by atoms with Crippen LogP contribution in [0, 0.1) is 0 Å². The third kappa shape index (κ3) is 1.29. The van der Waals surface area contributed by atoms with Crippen LogP contribution in [0.15, 0.2) is 0 Å². The molecule has 1 rings (SSSR count). The molecule has 0 atom stereocenters. The highest BCUT2D eigenvalue weighted by molar-refractivity contribution is 5.74. The number of rotatable bonds is 2. The Bertz CT molecular complexity index is 135. The second-order valence-corrected chi connectivity index (χ2v) is 2.81. The van der Waals surface area contributed by atoms with Crippen molar-refractivity contribution >= 4 is 5.91 Å². The van der Waals surface area contributed by atoms with E-state index in [1.807, 2.05) is 0 Å². The molecule has 0 aromatic carbocycles. The Balaban J connectivity index is 2.40. The van der Waals surface area contributed by atoms with Crippen LogP contribution >= 0.6 is 0 Å². The van der Waals surface area contributed by atoms with Gasteiger partial charge in [-0.25, -0.2) is 0 Å². The van der Waals surface area contributed by atoms with E-state index in [1.54, 1.807) is 0 Å². The zero-order chi connectivity index (χ0) is 7.61. The first-order valence-electron chi connectivity index (χ1n) is 3.55. The van der Waals surface area contributed by atoms with Crippen molar-refractivity contribution in [2.75, 3.05) is 13.2 Å². The van der Waals surface area contributed by atoms with Crippen LogP contribution in [0.4, 0.5) is 0 Å². The lowest BCUT2D eigenvalue weighted by Gasteiger charge is -2.41. The first kappa shape index (κ1) is 7.54. The number of carbonyl (C=O) groups excluding carboxylic acids is 1. The summed E-state index contributed by atoms with van der Waals surface area (Å²) in [5.41, 5.74) is -0.0359. The quantitative estimate of drug-likeness (QED) is 0.603. The van der Waals surface area contributed by atoms with Crippen molar-refractivity contribution < 1.29 is 9.53 Å². The Kier molecular flexibility index (Phi) is 1.94. The van der Waals surface area contributed by atoms with Crippen molar-refractivity contribution in [2.24, 2.45) is 0 Å². The second-order valence-electron chi connectivity index (χ2n) is 2.81. The molecule has 1 amide bonds. The summed E-state index contributed by atoms with van der Waals surface area (Å²) in [7, 11) is 0. The average molecular weight is 143 g/mol. The molecule has 1 N–H and O–H groups in total. The van der Waals surface area contributed by atoms with E-state index in [2.05, 4.69) is 12.2 Å². The Labute approximate surface area is 60.7 Å². The Hall–Kier alpha value is -0.570. The standard InChI is InChI=1S/C7H13NO2/c1-3-7(4-10-5-7)8-6(2)9/h3-5H2,1-2H3,(H,8,9). The molecule has 10 heavy (non-hydrogen) atoms. The third-order valence-electron chi connectivity index (χ3n) is 1.87. The zero-order valence-electron chi connectivity index (χ0n) is 6.44. The molecule has 1 aliphatic rings.